The molecular formula is C26H25ClF3N7O4S. The molecule has 11 nitrogen and oxygen atoms in total. The summed E-state index contributed by atoms with van der Waals surface area (Å²) in [4.78, 5) is 35.1. The minimum atomic E-state index is -4.57. The van der Waals surface area contributed by atoms with Crippen molar-refractivity contribution in [3.05, 3.63) is 76.3 Å². The number of carbonyl (C=O) groups excluding carboxylic acids is 2. The highest BCUT2D eigenvalue weighted by Crippen LogP contribution is 2.40. The lowest BCUT2D eigenvalue weighted by Gasteiger charge is -2.36. The highest BCUT2D eigenvalue weighted by Gasteiger charge is 2.39. The number of benzene rings is 1. The third kappa shape index (κ3) is 6.18. The van der Waals surface area contributed by atoms with Crippen molar-refractivity contribution in [3.8, 4) is 0 Å². The number of morpholine rings is 1. The van der Waals surface area contributed by atoms with Crippen LogP contribution in [0.15, 0.2) is 69.0 Å². The number of nitrogens with two attached hydrogens (primary N) is 1. The van der Waals surface area contributed by atoms with Gasteiger partial charge in [0.2, 0.25) is 5.91 Å². The summed E-state index contributed by atoms with van der Waals surface area (Å²) in [6, 6.07) is 7.85. The van der Waals surface area contributed by atoms with Gasteiger partial charge in [-0.05, 0) is 24.3 Å². The molecule has 0 aliphatic carbocycles. The Morgan fingerprint density at radius 1 is 1.26 bits per heavy atom. The number of rotatable bonds is 7. The fourth-order valence-corrected chi connectivity index (χ4v) is 6.64. The molecule has 2 amide bonds. The van der Waals surface area contributed by atoms with Gasteiger partial charge >= 0.3 is 6.18 Å². The van der Waals surface area contributed by atoms with E-state index in [1.54, 1.807) is 21.3 Å². The summed E-state index contributed by atoms with van der Waals surface area (Å²) >= 11 is 6.56. The van der Waals surface area contributed by atoms with Crippen LogP contribution in [-0.4, -0.2) is 70.7 Å². The lowest BCUT2D eigenvalue weighted by Crippen LogP contribution is -2.49. The normalized spacial score (nSPS) is 20.5. The number of aliphatic imine (C=N–C) groups is 1. The zero-order valence-electron chi connectivity index (χ0n) is 22.1. The van der Waals surface area contributed by atoms with Gasteiger partial charge in [0.1, 0.15) is 27.8 Å². The highest BCUT2D eigenvalue weighted by atomic mass is 35.5. The van der Waals surface area contributed by atoms with Crippen LogP contribution in [0.3, 0.4) is 0 Å². The highest BCUT2D eigenvalue weighted by molar-refractivity contribution is 7.86. The van der Waals surface area contributed by atoms with Crippen molar-refractivity contribution < 1.29 is 32.2 Å². The maximum atomic E-state index is 13.0. The van der Waals surface area contributed by atoms with Crippen LogP contribution in [0.25, 0.3) is 5.70 Å². The Labute approximate surface area is 246 Å². The van der Waals surface area contributed by atoms with Crippen molar-refractivity contribution in [3.63, 3.8) is 0 Å². The van der Waals surface area contributed by atoms with Gasteiger partial charge in [0.05, 0.1) is 37.9 Å². The standard InChI is InChI=1S/C26H25ClF3N7O4S/c1-40-10-7-20(38)36-9-11-41-21(14-36)42-35-22(23-24(31)33-13-18(27)37(23)42)15-2-4-16(5-3-15)25(39)34-19-12-17(6-8-32-19)26(28,29)30/h2-6,8,12-13,21H,7,9-11,14H2,1H3,(H2,31,33)(H,32,34,39). The summed E-state index contributed by atoms with van der Waals surface area (Å²) < 4.78 is 56.7. The van der Waals surface area contributed by atoms with Gasteiger partial charge < -0.3 is 25.4 Å². The molecule has 3 aliphatic heterocycles. The third-order valence-electron chi connectivity index (χ3n) is 6.44. The van der Waals surface area contributed by atoms with E-state index in [4.69, 9.17) is 31.2 Å². The number of aromatic nitrogens is 1. The summed E-state index contributed by atoms with van der Waals surface area (Å²) in [6.45, 7) is 1.35. The SMILES string of the molecule is COCCC(=O)N1CCOC(S2=NC(c3ccc(C(=O)Nc4cc(C(F)(F)F)ccn4)cc3)=C3C(N)=NC=C(Cl)N32)C1. The van der Waals surface area contributed by atoms with Crippen LogP contribution in [-0.2, 0) is 31.3 Å². The molecule has 2 aromatic rings. The Kier molecular flexibility index (Phi) is 8.63. The van der Waals surface area contributed by atoms with Crippen LogP contribution in [0.5, 0.6) is 0 Å². The van der Waals surface area contributed by atoms with Gasteiger partial charge in [0, 0.05) is 41.9 Å². The number of amides is 2. The number of nitrogens with one attached hydrogen (secondary N) is 1. The maximum absolute atomic E-state index is 13.0. The minimum absolute atomic E-state index is 0.0584. The van der Waals surface area contributed by atoms with Crippen LogP contribution < -0.4 is 11.1 Å². The molecule has 3 aliphatic rings. The van der Waals surface area contributed by atoms with Crippen molar-refractivity contribution in [2.24, 2.45) is 15.1 Å². The van der Waals surface area contributed by atoms with Crippen molar-refractivity contribution in [2.45, 2.75) is 18.0 Å². The molecule has 0 radical (unpaired) electrons. The number of hydrogen-bond donors (Lipinski definition) is 2. The number of carbonyl (C=O) groups is 2. The van der Waals surface area contributed by atoms with Crippen LogP contribution in [0.2, 0.25) is 0 Å². The molecule has 0 spiro atoms. The monoisotopic (exact) mass is 623 g/mol. The van der Waals surface area contributed by atoms with E-state index in [0.29, 0.717) is 36.7 Å². The number of halogens is 4. The molecule has 0 bridgehead atoms. The first-order valence-corrected chi connectivity index (χ1v) is 14.2. The largest absolute Gasteiger partial charge is 0.416 e. The van der Waals surface area contributed by atoms with Crippen LogP contribution in [0.4, 0.5) is 19.0 Å². The summed E-state index contributed by atoms with van der Waals surface area (Å²) in [6.07, 6.45) is -1.94. The van der Waals surface area contributed by atoms with E-state index in [0.717, 1.165) is 18.3 Å². The van der Waals surface area contributed by atoms with Crippen LogP contribution >= 0.6 is 11.6 Å². The molecule has 42 heavy (non-hydrogen) atoms. The zero-order valence-corrected chi connectivity index (χ0v) is 23.7. The fourth-order valence-electron chi connectivity index (χ4n) is 4.35. The lowest BCUT2D eigenvalue weighted by atomic mass is 10.1. The summed E-state index contributed by atoms with van der Waals surface area (Å²) in [7, 11) is 0.525. The Morgan fingerprint density at radius 2 is 2.02 bits per heavy atom. The van der Waals surface area contributed by atoms with Gasteiger partial charge in [0.25, 0.3) is 5.91 Å². The first-order chi connectivity index (χ1) is 20.1. The molecular weight excluding hydrogens is 599 g/mol. The smallest absolute Gasteiger partial charge is 0.384 e. The summed E-state index contributed by atoms with van der Waals surface area (Å²) in [5.41, 5.74) is 6.52. The number of anilines is 1. The molecule has 4 heterocycles. The number of hydrogen-bond acceptors (Lipinski definition) is 9. The van der Waals surface area contributed by atoms with E-state index in [1.165, 1.54) is 25.4 Å². The molecule has 3 N–H and O–H groups in total. The average molecular weight is 624 g/mol. The molecule has 5 rings (SSSR count). The Hall–Kier alpha value is -3.79. The molecule has 222 valence electrons. The van der Waals surface area contributed by atoms with E-state index in [1.807, 2.05) is 0 Å². The molecule has 1 fully saturated rings. The average Bonchev–Trinajstić information content (AvgIpc) is 3.40. The molecule has 16 heteroatoms. The summed E-state index contributed by atoms with van der Waals surface area (Å²) in [5.74, 6) is -0.759. The number of ether oxygens (including phenoxy) is 2. The Bertz CT molecular complexity index is 1530. The van der Waals surface area contributed by atoms with Crippen LogP contribution in [0, 0.1) is 0 Å². The van der Waals surface area contributed by atoms with Gasteiger partial charge in [-0.1, -0.05) is 23.7 Å². The predicted molar refractivity (Wildman–Crippen MR) is 151 cm³/mol. The number of methoxy groups -OCH3 is 1. The van der Waals surface area contributed by atoms with Crippen LogP contribution in [0.1, 0.15) is 27.9 Å². The Balaban J connectivity index is 1.39. The topological polar surface area (TPSA) is 135 Å². The molecule has 2 unspecified atom stereocenters. The first-order valence-electron chi connectivity index (χ1n) is 12.6. The number of nitrogens with zero attached hydrogens (tertiary/aromatic N) is 5. The third-order valence-corrected chi connectivity index (χ3v) is 8.68. The van der Waals surface area contributed by atoms with Crippen molar-refractivity contribution in [1.29, 1.82) is 0 Å². The number of pyridine rings is 1. The van der Waals surface area contributed by atoms with Gasteiger partial charge in [-0.25, -0.2) is 14.3 Å². The van der Waals surface area contributed by atoms with Crippen molar-refractivity contribution >= 4 is 51.6 Å². The molecule has 1 aromatic heterocycles. The molecule has 2 atom stereocenters. The number of fused-ring (bicyclic) bond motifs is 1. The lowest BCUT2D eigenvalue weighted by molar-refractivity contribution is -0.138. The van der Waals surface area contributed by atoms with Crippen molar-refractivity contribution in [1.82, 2.24) is 14.2 Å². The fraction of sp³-hybridized carbons (Fsp3) is 0.308. The van der Waals surface area contributed by atoms with E-state index in [-0.39, 0.29) is 41.2 Å². The first kappa shape index (κ1) is 29.7. The number of alkyl halides is 3. The summed E-state index contributed by atoms with van der Waals surface area (Å²) in [5, 5.41) is 2.66. The predicted octanol–water partition coefficient (Wildman–Crippen LogP) is 3.68. The van der Waals surface area contributed by atoms with E-state index in [9.17, 15) is 22.8 Å². The van der Waals surface area contributed by atoms with E-state index < -0.39 is 34.0 Å². The minimum Gasteiger partial charge on any atom is -0.384 e. The zero-order chi connectivity index (χ0) is 30.0. The molecule has 1 aromatic carbocycles. The molecule has 1 saturated heterocycles. The second-order valence-corrected chi connectivity index (χ2v) is 11.2. The Morgan fingerprint density at radius 3 is 2.74 bits per heavy atom. The molecule has 0 saturated carbocycles. The van der Waals surface area contributed by atoms with E-state index in [2.05, 4.69) is 15.3 Å². The number of amidine groups is 1. The maximum Gasteiger partial charge on any atom is 0.416 e. The second-order valence-electron chi connectivity index (χ2n) is 9.18. The quantitative estimate of drug-likeness (QED) is 0.449. The van der Waals surface area contributed by atoms with Gasteiger partial charge in [-0.2, -0.15) is 13.2 Å². The van der Waals surface area contributed by atoms with Gasteiger partial charge in [0.15, 0.2) is 5.84 Å². The van der Waals surface area contributed by atoms with Crippen molar-refractivity contribution in [2.75, 3.05) is 38.7 Å². The van der Waals surface area contributed by atoms with E-state index >= 15 is 0 Å². The second kappa shape index (κ2) is 12.2. The van der Waals surface area contributed by atoms with Gasteiger partial charge in [-0.3, -0.25) is 13.9 Å². The van der Waals surface area contributed by atoms with Gasteiger partial charge in [-0.15, -0.1) is 0 Å².